The highest BCUT2D eigenvalue weighted by Gasteiger charge is 2.09. The van der Waals surface area contributed by atoms with Gasteiger partial charge in [0, 0.05) is 16.8 Å². The Kier molecular flexibility index (Phi) is 4.36. The number of anilines is 1. The third kappa shape index (κ3) is 3.55. The molecule has 2 aromatic rings. The van der Waals surface area contributed by atoms with E-state index in [0.29, 0.717) is 16.4 Å². The number of amides is 1. The van der Waals surface area contributed by atoms with Crippen molar-refractivity contribution in [3.05, 3.63) is 40.7 Å². The highest BCUT2D eigenvalue weighted by atomic mass is 35.5. The van der Waals surface area contributed by atoms with Crippen LogP contribution in [0.1, 0.15) is 24.2 Å². The van der Waals surface area contributed by atoms with E-state index in [1.54, 1.807) is 18.3 Å². The van der Waals surface area contributed by atoms with Gasteiger partial charge in [0.25, 0.3) is 0 Å². The summed E-state index contributed by atoms with van der Waals surface area (Å²) in [5, 5.41) is 11.1. The molecule has 0 bridgehead atoms. The number of nitrogens with zero attached hydrogens (tertiary/aromatic N) is 3. The molecule has 0 aliphatic heterocycles. The largest absolute Gasteiger partial charge is 0.324 e. The van der Waals surface area contributed by atoms with E-state index in [1.807, 2.05) is 19.9 Å². The zero-order valence-electron chi connectivity index (χ0n) is 11.3. The second-order valence-electron chi connectivity index (χ2n) is 4.64. The Morgan fingerprint density at radius 3 is 2.90 bits per heavy atom. The number of carbonyl (C=O) groups is 1. The Balaban J connectivity index is 1.99. The van der Waals surface area contributed by atoms with E-state index in [1.165, 1.54) is 4.68 Å². The minimum atomic E-state index is -0.206. The summed E-state index contributed by atoms with van der Waals surface area (Å²) >= 11 is 6.00. The van der Waals surface area contributed by atoms with Crippen molar-refractivity contribution in [2.75, 3.05) is 5.32 Å². The van der Waals surface area contributed by atoms with Crippen molar-refractivity contribution in [2.45, 2.75) is 26.4 Å². The maximum absolute atomic E-state index is 11.9. The van der Waals surface area contributed by atoms with Crippen molar-refractivity contribution >= 4 is 23.2 Å². The SMILES string of the molecule is Cc1ccc(NC(=O)Cn2cc(C(C)N)nn2)cc1Cl. The molecule has 6 nitrogen and oxygen atoms in total. The van der Waals surface area contributed by atoms with Crippen LogP contribution in [-0.2, 0) is 11.3 Å². The molecule has 106 valence electrons. The van der Waals surface area contributed by atoms with Crippen molar-refractivity contribution in [3.63, 3.8) is 0 Å². The fourth-order valence-electron chi connectivity index (χ4n) is 1.62. The van der Waals surface area contributed by atoms with Gasteiger partial charge in [0.05, 0.1) is 11.9 Å². The molecule has 0 saturated heterocycles. The van der Waals surface area contributed by atoms with Crippen molar-refractivity contribution in [3.8, 4) is 0 Å². The number of nitrogens with one attached hydrogen (secondary N) is 1. The van der Waals surface area contributed by atoms with Crippen LogP contribution in [0.3, 0.4) is 0 Å². The lowest BCUT2D eigenvalue weighted by Crippen LogP contribution is -2.19. The second-order valence-corrected chi connectivity index (χ2v) is 5.05. The Morgan fingerprint density at radius 1 is 1.55 bits per heavy atom. The molecule has 0 aliphatic rings. The molecule has 0 radical (unpaired) electrons. The first-order chi connectivity index (χ1) is 9.45. The predicted octanol–water partition coefficient (Wildman–Crippen LogP) is 1.90. The van der Waals surface area contributed by atoms with E-state index in [9.17, 15) is 4.79 Å². The number of rotatable bonds is 4. The fraction of sp³-hybridized carbons (Fsp3) is 0.308. The second kappa shape index (κ2) is 6.02. The molecule has 20 heavy (non-hydrogen) atoms. The predicted molar refractivity (Wildman–Crippen MR) is 77.4 cm³/mol. The molecule has 0 fully saturated rings. The Morgan fingerprint density at radius 2 is 2.30 bits per heavy atom. The summed E-state index contributed by atoms with van der Waals surface area (Å²) in [4.78, 5) is 11.9. The molecule has 1 unspecified atom stereocenters. The van der Waals surface area contributed by atoms with E-state index >= 15 is 0 Å². The first-order valence-corrected chi connectivity index (χ1v) is 6.55. The summed E-state index contributed by atoms with van der Waals surface area (Å²) in [6.07, 6.45) is 1.66. The number of hydrogen-bond acceptors (Lipinski definition) is 4. The smallest absolute Gasteiger partial charge is 0.246 e. The van der Waals surface area contributed by atoms with E-state index in [-0.39, 0.29) is 18.5 Å². The van der Waals surface area contributed by atoms with Crippen molar-refractivity contribution < 1.29 is 4.79 Å². The van der Waals surface area contributed by atoms with Crippen LogP contribution in [0.2, 0.25) is 5.02 Å². The standard InChI is InChI=1S/C13H16ClN5O/c1-8-3-4-10(5-11(8)14)16-13(20)7-19-6-12(9(2)15)17-18-19/h3-6,9H,7,15H2,1-2H3,(H,16,20). The molecular weight excluding hydrogens is 278 g/mol. The Hall–Kier alpha value is -1.92. The molecule has 3 N–H and O–H groups in total. The number of aromatic nitrogens is 3. The maximum Gasteiger partial charge on any atom is 0.246 e. The molecule has 1 atom stereocenters. The van der Waals surface area contributed by atoms with Gasteiger partial charge in [-0.2, -0.15) is 0 Å². The highest BCUT2D eigenvalue weighted by molar-refractivity contribution is 6.31. The van der Waals surface area contributed by atoms with Crippen LogP contribution >= 0.6 is 11.6 Å². The third-order valence-electron chi connectivity index (χ3n) is 2.78. The quantitative estimate of drug-likeness (QED) is 0.901. The molecule has 1 aromatic carbocycles. The average molecular weight is 294 g/mol. The van der Waals surface area contributed by atoms with Gasteiger partial charge < -0.3 is 11.1 Å². The van der Waals surface area contributed by atoms with Gasteiger partial charge in [0.1, 0.15) is 6.54 Å². The van der Waals surface area contributed by atoms with Crippen LogP contribution < -0.4 is 11.1 Å². The molecule has 1 aromatic heterocycles. The molecule has 1 amide bonds. The zero-order chi connectivity index (χ0) is 14.7. The van der Waals surface area contributed by atoms with Gasteiger partial charge in [0.15, 0.2) is 0 Å². The summed E-state index contributed by atoms with van der Waals surface area (Å²) < 4.78 is 1.45. The average Bonchev–Trinajstić information content (AvgIpc) is 2.82. The molecule has 2 rings (SSSR count). The zero-order valence-corrected chi connectivity index (χ0v) is 12.1. The first kappa shape index (κ1) is 14.5. The van der Waals surface area contributed by atoms with Gasteiger partial charge in [-0.3, -0.25) is 4.79 Å². The van der Waals surface area contributed by atoms with Crippen LogP contribution in [0.4, 0.5) is 5.69 Å². The molecule has 1 heterocycles. The lowest BCUT2D eigenvalue weighted by molar-refractivity contribution is -0.116. The van der Waals surface area contributed by atoms with Gasteiger partial charge in [-0.25, -0.2) is 4.68 Å². The fourth-order valence-corrected chi connectivity index (χ4v) is 1.80. The topological polar surface area (TPSA) is 85.8 Å². The summed E-state index contributed by atoms with van der Waals surface area (Å²) in [5.41, 5.74) is 7.94. The van der Waals surface area contributed by atoms with E-state index in [4.69, 9.17) is 17.3 Å². The molecule has 0 spiro atoms. The van der Waals surface area contributed by atoms with E-state index < -0.39 is 0 Å². The van der Waals surface area contributed by atoms with Crippen LogP contribution in [-0.4, -0.2) is 20.9 Å². The van der Waals surface area contributed by atoms with Crippen LogP contribution in [0.25, 0.3) is 0 Å². The number of aryl methyl sites for hydroxylation is 1. The van der Waals surface area contributed by atoms with Gasteiger partial charge in [-0.1, -0.05) is 22.9 Å². The van der Waals surface area contributed by atoms with Gasteiger partial charge in [-0.05, 0) is 31.5 Å². The Labute approximate surface area is 121 Å². The molecule has 0 aliphatic carbocycles. The van der Waals surface area contributed by atoms with Gasteiger partial charge in [0.2, 0.25) is 5.91 Å². The minimum Gasteiger partial charge on any atom is -0.324 e. The normalized spacial score (nSPS) is 12.2. The molecule has 7 heteroatoms. The van der Waals surface area contributed by atoms with E-state index in [2.05, 4.69) is 15.6 Å². The molecule has 0 saturated carbocycles. The van der Waals surface area contributed by atoms with Crippen LogP contribution in [0.5, 0.6) is 0 Å². The third-order valence-corrected chi connectivity index (χ3v) is 3.19. The van der Waals surface area contributed by atoms with Gasteiger partial charge in [-0.15, -0.1) is 5.10 Å². The molecular formula is C13H16ClN5O. The number of halogens is 1. The lowest BCUT2D eigenvalue weighted by Gasteiger charge is -2.06. The van der Waals surface area contributed by atoms with Gasteiger partial charge >= 0.3 is 0 Å². The first-order valence-electron chi connectivity index (χ1n) is 6.17. The maximum atomic E-state index is 11.9. The highest BCUT2D eigenvalue weighted by Crippen LogP contribution is 2.19. The lowest BCUT2D eigenvalue weighted by atomic mass is 10.2. The van der Waals surface area contributed by atoms with Crippen molar-refractivity contribution in [2.24, 2.45) is 5.73 Å². The number of carbonyl (C=O) groups excluding carboxylic acids is 1. The summed E-state index contributed by atoms with van der Waals surface area (Å²) in [6.45, 7) is 3.78. The van der Waals surface area contributed by atoms with Crippen molar-refractivity contribution in [1.29, 1.82) is 0 Å². The minimum absolute atomic E-state index is 0.0746. The monoisotopic (exact) mass is 293 g/mol. The number of hydrogen-bond donors (Lipinski definition) is 2. The summed E-state index contributed by atoms with van der Waals surface area (Å²) in [7, 11) is 0. The number of nitrogens with two attached hydrogens (primary N) is 1. The van der Waals surface area contributed by atoms with E-state index in [0.717, 1.165) is 5.56 Å². The summed E-state index contributed by atoms with van der Waals surface area (Å²) in [6, 6.07) is 5.15. The summed E-state index contributed by atoms with van der Waals surface area (Å²) in [5.74, 6) is -0.203. The Bertz CT molecular complexity index is 623. The van der Waals surface area contributed by atoms with Crippen LogP contribution in [0, 0.1) is 6.92 Å². The van der Waals surface area contributed by atoms with Crippen molar-refractivity contribution in [1.82, 2.24) is 15.0 Å². The van der Waals surface area contributed by atoms with Crippen LogP contribution in [0.15, 0.2) is 24.4 Å². The number of benzene rings is 1.